The molecule has 3 heterocycles. The van der Waals surface area contributed by atoms with Gasteiger partial charge in [-0.05, 0) is 43.2 Å². The third-order valence-electron chi connectivity index (χ3n) is 6.04. The van der Waals surface area contributed by atoms with Gasteiger partial charge in [0.1, 0.15) is 5.75 Å². The fourth-order valence-electron chi connectivity index (χ4n) is 4.22. The average Bonchev–Trinajstić information content (AvgIpc) is 3.27. The lowest BCUT2D eigenvalue weighted by Crippen LogP contribution is -2.51. The summed E-state index contributed by atoms with van der Waals surface area (Å²) in [6.45, 7) is 7.14. The fourth-order valence-corrected chi connectivity index (χ4v) is 4.22. The van der Waals surface area contributed by atoms with Crippen LogP contribution < -0.4 is 15.7 Å². The highest BCUT2D eigenvalue weighted by Gasteiger charge is 2.20. The minimum absolute atomic E-state index is 0. The smallest absolute Gasteiger partial charge is 0.325 e. The Hall–Kier alpha value is -3.31. The summed E-state index contributed by atoms with van der Waals surface area (Å²) >= 11 is 0. The molecule has 1 aliphatic rings. The molecule has 0 atom stereocenters. The molecule has 0 radical (unpaired) electrons. The molecule has 0 saturated carbocycles. The van der Waals surface area contributed by atoms with Gasteiger partial charge in [-0.1, -0.05) is 30.3 Å². The molecule has 39 heavy (non-hydrogen) atoms. The number of pyridine rings is 1. The molecule has 0 spiro atoms. The van der Waals surface area contributed by atoms with Crippen LogP contribution in [0.15, 0.2) is 59.4 Å². The van der Waals surface area contributed by atoms with Crippen LogP contribution >= 0.6 is 24.8 Å². The number of hydrogen-bond donors (Lipinski definition) is 4. The average molecular weight is 580 g/mol. The monoisotopic (exact) mass is 578 g/mol. The number of aromatic amines is 2. The van der Waals surface area contributed by atoms with Crippen molar-refractivity contribution >= 4 is 52.9 Å². The van der Waals surface area contributed by atoms with E-state index in [1.165, 1.54) is 5.56 Å². The summed E-state index contributed by atoms with van der Waals surface area (Å²) < 4.78 is 5.85. The van der Waals surface area contributed by atoms with Gasteiger partial charge in [0, 0.05) is 51.3 Å². The van der Waals surface area contributed by atoms with E-state index < -0.39 is 0 Å². The van der Waals surface area contributed by atoms with Crippen molar-refractivity contribution in [2.24, 2.45) is 0 Å². The van der Waals surface area contributed by atoms with E-state index in [0.29, 0.717) is 30.7 Å². The van der Waals surface area contributed by atoms with Crippen molar-refractivity contribution in [3.8, 4) is 5.75 Å². The van der Waals surface area contributed by atoms with Gasteiger partial charge >= 0.3 is 11.7 Å². The number of carbonyl (C=O) groups is 1. The summed E-state index contributed by atoms with van der Waals surface area (Å²) in [7, 11) is 0. The van der Waals surface area contributed by atoms with E-state index in [1.54, 1.807) is 6.92 Å². The van der Waals surface area contributed by atoms with E-state index in [0.717, 1.165) is 49.4 Å². The number of benzene rings is 2. The normalized spacial score (nSPS) is 13.1. The zero-order valence-corrected chi connectivity index (χ0v) is 23.5. The van der Waals surface area contributed by atoms with Crippen molar-refractivity contribution in [3.63, 3.8) is 0 Å². The molecule has 212 valence electrons. The van der Waals surface area contributed by atoms with Crippen molar-refractivity contribution < 1.29 is 14.6 Å². The Bertz CT molecular complexity index is 1360. The summed E-state index contributed by atoms with van der Waals surface area (Å²) in [5.74, 6) is 0.729. The fraction of sp³-hybridized carbons (Fsp3) is 0.370. The molecule has 0 aliphatic carbocycles. The summed E-state index contributed by atoms with van der Waals surface area (Å²) in [6, 6.07) is 17.9. The number of fused-ring (bicyclic) bond motifs is 2. The second-order valence-electron chi connectivity index (χ2n) is 8.82. The Morgan fingerprint density at radius 2 is 1.77 bits per heavy atom. The van der Waals surface area contributed by atoms with Crippen molar-refractivity contribution in [2.75, 3.05) is 45.9 Å². The molecule has 4 N–H and O–H groups in total. The van der Waals surface area contributed by atoms with Gasteiger partial charge in [0.2, 0.25) is 0 Å². The summed E-state index contributed by atoms with van der Waals surface area (Å²) in [5.41, 5.74) is 3.02. The minimum Gasteiger partial charge on any atom is -0.494 e. The summed E-state index contributed by atoms with van der Waals surface area (Å²) in [6.07, 6.45) is 0.708. The van der Waals surface area contributed by atoms with Gasteiger partial charge in [-0.2, -0.15) is 0 Å². The first kappa shape index (κ1) is 31.9. The van der Waals surface area contributed by atoms with Crippen LogP contribution in [0.25, 0.3) is 22.1 Å². The summed E-state index contributed by atoms with van der Waals surface area (Å²) in [5, 5.41) is 11.5. The first-order chi connectivity index (χ1) is 18.1. The van der Waals surface area contributed by atoms with Crippen LogP contribution in [-0.2, 0) is 6.54 Å². The van der Waals surface area contributed by atoms with Crippen molar-refractivity contribution in [2.45, 2.75) is 19.9 Å². The largest absolute Gasteiger partial charge is 0.494 e. The number of hydrogen-bond acceptors (Lipinski definition) is 6. The van der Waals surface area contributed by atoms with Crippen LogP contribution in [0, 0.1) is 0 Å². The number of urea groups is 1. The molecule has 1 fully saturated rings. The number of imidazole rings is 1. The molecular formula is C27H36Cl2N6O4. The Morgan fingerprint density at radius 3 is 2.49 bits per heavy atom. The van der Waals surface area contributed by atoms with Crippen molar-refractivity contribution in [1.82, 2.24) is 30.1 Å². The molecule has 1 aliphatic heterocycles. The van der Waals surface area contributed by atoms with E-state index in [4.69, 9.17) is 9.84 Å². The lowest BCUT2D eigenvalue weighted by molar-refractivity contribution is 0.135. The Morgan fingerprint density at radius 1 is 1.05 bits per heavy atom. The van der Waals surface area contributed by atoms with Crippen LogP contribution in [0.4, 0.5) is 4.79 Å². The maximum absolute atomic E-state index is 12.5. The molecule has 12 heteroatoms. The highest BCUT2D eigenvalue weighted by atomic mass is 35.5. The van der Waals surface area contributed by atoms with Crippen LogP contribution in [0.3, 0.4) is 0 Å². The molecule has 0 unspecified atom stereocenters. The molecule has 4 aromatic rings. The Balaban J connectivity index is 0.00000102. The first-order valence-electron chi connectivity index (χ1n) is 12.6. The number of H-pyrrole nitrogens is 2. The number of nitrogens with zero attached hydrogens (tertiary/aromatic N) is 3. The molecule has 2 amide bonds. The molecule has 2 aromatic carbocycles. The van der Waals surface area contributed by atoms with Crippen molar-refractivity contribution in [3.05, 3.63) is 70.6 Å². The maximum Gasteiger partial charge on any atom is 0.325 e. The van der Waals surface area contributed by atoms with E-state index in [9.17, 15) is 9.59 Å². The second-order valence-corrected chi connectivity index (χ2v) is 8.82. The SMILES string of the molecule is CCO.Cl.Cl.O=C(NCCCOc1ccc2nc3[nH]c(=O)[nH]c3cc2c1)N1CCN(Cc2ccccc2)CC1. The highest BCUT2D eigenvalue weighted by molar-refractivity contribution is 5.90. The minimum atomic E-state index is -0.273. The topological polar surface area (TPSA) is 127 Å². The number of nitrogens with one attached hydrogen (secondary N) is 3. The zero-order valence-electron chi connectivity index (χ0n) is 21.9. The summed E-state index contributed by atoms with van der Waals surface area (Å²) in [4.78, 5) is 38.0. The van der Waals surface area contributed by atoms with Gasteiger partial charge in [-0.3, -0.25) is 9.88 Å². The van der Waals surface area contributed by atoms with Gasteiger partial charge in [0.05, 0.1) is 17.6 Å². The van der Waals surface area contributed by atoms with Crippen LogP contribution in [0.2, 0.25) is 0 Å². The zero-order chi connectivity index (χ0) is 26.0. The van der Waals surface area contributed by atoms with E-state index in [1.807, 2.05) is 35.2 Å². The number of halogens is 2. The predicted octanol–water partition coefficient (Wildman–Crippen LogP) is 3.54. The number of piperazine rings is 1. The number of aliphatic hydroxyl groups is 1. The first-order valence-corrected chi connectivity index (χ1v) is 12.6. The van der Waals surface area contributed by atoms with Gasteiger partial charge in [-0.25, -0.2) is 14.6 Å². The Labute approximate surface area is 239 Å². The number of amides is 2. The lowest BCUT2D eigenvalue weighted by Gasteiger charge is -2.34. The van der Waals surface area contributed by atoms with Crippen LogP contribution in [0.5, 0.6) is 5.75 Å². The molecule has 10 nitrogen and oxygen atoms in total. The maximum atomic E-state index is 12.5. The second kappa shape index (κ2) is 15.9. The quantitative estimate of drug-likeness (QED) is 0.248. The molecule has 0 bridgehead atoms. The van der Waals surface area contributed by atoms with E-state index >= 15 is 0 Å². The van der Waals surface area contributed by atoms with Gasteiger partial charge < -0.3 is 25.0 Å². The van der Waals surface area contributed by atoms with Crippen molar-refractivity contribution in [1.29, 1.82) is 0 Å². The molecule has 2 aromatic heterocycles. The number of carbonyl (C=O) groups excluding carboxylic acids is 1. The molecular weight excluding hydrogens is 543 g/mol. The van der Waals surface area contributed by atoms with Gasteiger partial charge in [0.25, 0.3) is 0 Å². The number of aliphatic hydroxyl groups excluding tert-OH is 1. The number of rotatable bonds is 7. The number of ether oxygens (including phenoxy) is 1. The van der Waals surface area contributed by atoms with E-state index in [-0.39, 0.29) is 43.1 Å². The van der Waals surface area contributed by atoms with Gasteiger partial charge in [-0.15, -0.1) is 24.8 Å². The third-order valence-corrected chi connectivity index (χ3v) is 6.04. The predicted molar refractivity (Wildman–Crippen MR) is 158 cm³/mol. The Kier molecular flexibility index (Phi) is 13.0. The van der Waals surface area contributed by atoms with Crippen LogP contribution in [0.1, 0.15) is 18.9 Å². The van der Waals surface area contributed by atoms with Gasteiger partial charge in [0.15, 0.2) is 5.65 Å². The standard InChI is InChI=1S/C25H28N6O3.C2H6O.2ClH/c32-24-28-22-16-19-15-20(7-8-21(19)27-23(22)29-24)34-14-4-9-26-25(33)31-12-10-30(11-13-31)17-18-5-2-1-3-6-18;1-2-3;;/h1-3,5-8,15-16H,4,9-14,17H2,(H,26,33)(H2,27,28,29,32);3H,2H2,1H3;2*1H. The molecule has 5 rings (SSSR count). The van der Waals surface area contributed by atoms with E-state index in [2.05, 4.69) is 49.4 Å². The third kappa shape index (κ3) is 9.14. The van der Waals surface area contributed by atoms with Crippen LogP contribution in [-0.4, -0.2) is 81.8 Å². The lowest BCUT2D eigenvalue weighted by atomic mass is 10.2. The highest BCUT2D eigenvalue weighted by Crippen LogP contribution is 2.22. The number of aromatic nitrogens is 3. The molecule has 1 saturated heterocycles.